The molecule has 1 aromatic heterocycles. The summed E-state index contributed by atoms with van der Waals surface area (Å²) in [5.74, 6) is 1.80. The third kappa shape index (κ3) is 4.37. The second-order valence-electron chi connectivity index (χ2n) is 6.21. The maximum Gasteiger partial charge on any atom is 0.221 e. The summed E-state index contributed by atoms with van der Waals surface area (Å²) in [7, 11) is 3.21. The van der Waals surface area contributed by atoms with Gasteiger partial charge in [-0.15, -0.1) is 0 Å². The molecular formula is C21H22N4O3. The predicted octanol–water partition coefficient (Wildman–Crippen LogP) is 4.17. The van der Waals surface area contributed by atoms with E-state index in [1.165, 1.54) is 6.92 Å². The van der Waals surface area contributed by atoms with E-state index in [2.05, 4.69) is 20.6 Å². The second kappa shape index (κ2) is 8.39. The fourth-order valence-corrected chi connectivity index (χ4v) is 2.90. The first-order valence-electron chi connectivity index (χ1n) is 8.70. The van der Waals surface area contributed by atoms with Crippen molar-refractivity contribution in [2.24, 2.45) is 0 Å². The van der Waals surface area contributed by atoms with Crippen LogP contribution in [0, 0.1) is 6.92 Å². The number of carbonyl (C=O) groups excluding carboxylic acids is 1. The van der Waals surface area contributed by atoms with Crippen LogP contribution in [0.15, 0.2) is 48.8 Å². The molecular weight excluding hydrogens is 356 g/mol. The van der Waals surface area contributed by atoms with Crippen LogP contribution in [0.3, 0.4) is 0 Å². The van der Waals surface area contributed by atoms with Crippen LogP contribution >= 0.6 is 0 Å². The number of carbonyl (C=O) groups is 1. The van der Waals surface area contributed by atoms with Crippen LogP contribution in [-0.2, 0) is 4.79 Å². The number of rotatable bonds is 6. The molecule has 0 bridgehead atoms. The molecule has 0 saturated heterocycles. The molecule has 2 aromatic carbocycles. The average Bonchev–Trinajstić information content (AvgIpc) is 2.67. The highest BCUT2D eigenvalue weighted by atomic mass is 16.5. The lowest BCUT2D eigenvalue weighted by molar-refractivity contribution is -0.114. The lowest BCUT2D eigenvalue weighted by Crippen LogP contribution is -2.05. The lowest BCUT2D eigenvalue weighted by atomic mass is 10.1. The third-order valence-electron chi connectivity index (χ3n) is 4.05. The van der Waals surface area contributed by atoms with Gasteiger partial charge in [-0.3, -0.25) is 9.78 Å². The van der Waals surface area contributed by atoms with Crippen molar-refractivity contribution < 1.29 is 14.3 Å². The zero-order valence-corrected chi connectivity index (χ0v) is 16.2. The van der Waals surface area contributed by atoms with E-state index in [0.29, 0.717) is 28.7 Å². The van der Waals surface area contributed by atoms with E-state index in [1.807, 2.05) is 43.3 Å². The average molecular weight is 378 g/mol. The lowest BCUT2D eigenvalue weighted by Gasteiger charge is -2.14. The Morgan fingerprint density at radius 2 is 1.86 bits per heavy atom. The Labute approximate surface area is 163 Å². The molecule has 0 aliphatic rings. The highest BCUT2D eigenvalue weighted by molar-refractivity contribution is 5.89. The van der Waals surface area contributed by atoms with Gasteiger partial charge in [0.05, 0.1) is 32.3 Å². The van der Waals surface area contributed by atoms with Gasteiger partial charge in [-0.2, -0.15) is 0 Å². The summed E-state index contributed by atoms with van der Waals surface area (Å²) in [6, 6.07) is 11.3. The van der Waals surface area contributed by atoms with E-state index >= 15 is 0 Å². The Morgan fingerprint density at radius 3 is 2.57 bits per heavy atom. The molecule has 1 amide bonds. The van der Waals surface area contributed by atoms with Crippen molar-refractivity contribution >= 4 is 23.1 Å². The quantitative estimate of drug-likeness (QED) is 0.670. The van der Waals surface area contributed by atoms with Crippen LogP contribution < -0.4 is 20.1 Å². The standard InChI is InChI=1S/C21H22N4O3/c1-13-8-17(10-19(27-3)21(13)28-4)24-20-12-22-11-18(25-20)15-6-5-7-16(9-15)23-14(2)26/h5-12H,1-4H3,(H,23,26)(H,24,25). The summed E-state index contributed by atoms with van der Waals surface area (Å²) in [6.45, 7) is 3.42. The van der Waals surface area contributed by atoms with Crippen LogP contribution in [0.1, 0.15) is 12.5 Å². The van der Waals surface area contributed by atoms with E-state index in [0.717, 1.165) is 16.8 Å². The number of methoxy groups -OCH3 is 2. The molecule has 0 unspecified atom stereocenters. The van der Waals surface area contributed by atoms with Crippen molar-refractivity contribution in [3.63, 3.8) is 0 Å². The van der Waals surface area contributed by atoms with Crippen molar-refractivity contribution in [1.29, 1.82) is 0 Å². The van der Waals surface area contributed by atoms with Gasteiger partial charge in [-0.25, -0.2) is 4.98 Å². The van der Waals surface area contributed by atoms with Gasteiger partial charge >= 0.3 is 0 Å². The SMILES string of the molecule is COc1cc(Nc2cncc(-c3cccc(NC(C)=O)c3)n2)cc(C)c1OC. The molecule has 3 aromatic rings. The normalized spacial score (nSPS) is 10.3. The maximum atomic E-state index is 11.3. The number of hydrogen-bond acceptors (Lipinski definition) is 6. The number of anilines is 3. The minimum absolute atomic E-state index is 0.123. The zero-order valence-electron chi connectivity index (χ0n) is 16.2. The third-order valence-corrected chi connectivity index (χ3v) is 4.05. The van der Waals surface area contributed by atoms with Crippen LogP contribution in [-0.4, -0.2) is 30.1 Å². The first-order valence-corrected chi connectivity index (χ1v) is 8.70. The van der Waals surface area contributed by atoms with Crippen molar-refractivity contribution in [3.8, 4) is 22.8 Å². The molecule has 0 fully saturated rings. The monoisotopic (exact) mass is 378 g/mol. The maximum absolute atomic E-state index is 11.3. The molecule has 28 heavy (non-hydrogen) atoms. The van der Waals surface area contributed by atoms with Crippen LogP contribution in [0.4, 0.5) is 17.2 Å². The Morgan fingerprint density at radius 1 is 1.04 bits per heavy atom. The number of aryl methyl sites for hydroxylation is 1. The van der Waals surface area contributed by atoms with Crippen molar-refractivity contribution in [3.05, 3.63) is 54.4 Å². The summed E-state index contributed by atoms with van der Waals surface area (Å²) < 4.78 is 10.8. The number of nitrogens with zero attached hydrogens (tertiary/aromatic N) is 2. The van der Waals surface area contributed by atoms with Crippen molar-refractivity contribution in [1.82, 2.24) is 9.97 Å². The fourth-order valence-electron chi connectivity index (χ4n) is 2.90. The minimum Gasteiger partial charge on any atom is -0.493 e. The molecule has 3 rings (SSSR count). The summed E-state index contributed by atoms with van der Waals surface area (Å²) >= 11 is 0. The summed E-state index contributed by atoms with van der Waals surface area (Å²) in [5, 5.41) is 6.02. The minimum atomic E-state index is -0.123. The number of aromatic nitrogens is 2. The van der Waals surface area contributed by atoms with Gasteiger partial charge in [-0.05, 0) is 30.7 Å². The number of ether oxygens (including phenoxy) is 2. The molecule has 7 nitrogen and oxygen atoms in total. The Kier molecular flexibility index (Phi) is 5.74. The van der Waals surface area contributed by atoms with Crippen LogP contribution in [0.5, 0.6) is 11.5 Å². The predicted molar refractivity (Wildman–Crippen MR) is 109 cm³/mol. The van der Waals surface area contributed by atoms with E-state index < -0.39 is 0 Å². The molecule has 0 atom stereocenters. The van der Waals surface area contributed by atoms with Gasteiger partial charge in [-0.1, -0.05) is 12.1 Å². The summed E-state index contributed by atoms with van der Waals surface area (Å²) in [5.41, 5.74) is 4.01. The molecule has 7 heteroatoms. The first kappa shape index (κ1) is 19.2. The van der Waals surface area contributed by atoms with E-state index in [1.54, 1.807) is 26.6 Å². The van der Waals surface area contributed by atoms with Gasteiger partial charge in [0.2, 0.25) is 5.91 Å². The highest BCUT2D eigenvalue weighted by Crippen LogP contribution is 2.35. The molecule has 0 radical (unpaired) electrons. The van der Waals surface area contributed by atoms with Gasteiger partial charge in [0.1, 0.15) is 5.82 Å². The van der Waals surface area contributed by atoms with E-state index in [9.17, 15) is 4.79 Å². The summed E-state index contributed by atoms with van der Waals surface area (Å²) in [4.78, 5) is 20.2. The van der Waals surface area contributed by atoms with E-state index in [4.69, 9.17) is 9.47 Å². The smallest absolute Gasteiger partial charge is 0.221 e. The van der Waals surface area contributed by atoms with Gasteiger partial charge in [0.15, 0.2) is 11.5 Å². The van der Waals surface area contributed by atoms with Crippen molar-refractivity contribution in [2.75, 3.05) is 24.9 Å². The van der Waals surface area contributed by atoms with Gasteiger partial charge < -0.3 is 20.1 Å². The molecule has 144 valence electrons. The fraction of sp³-hybridized carbons (Fsp3) is 0.190. The largest absolute Gasteiger partial charge is 0.493 e. The van der Waals surface area contributed by atoms with Crippen molar-refractivity contribution in [2.45, 2.75) is 13.8 Å². The molecule has 2 N–H and O–H groups in total. The molecule has 0 saturated carbocycles. The number of hydrogen-bond donors (Lipinski definition) is 2. The highest BCUT2D eigenvalue weighted by Gasteiger charge is 2.10. The second-order valence-corrected chi connectivity index (χ2v) is 6.21. The van der Waals surface area contributed by atoms with E-state index in [-0.39, 0.29) is 5.91 Å². The molecule has 0 aliphatic carbocycles. The first-order chi connectivity index (χ1) is 13.5. The molecule has 0 spiro atoms. The topological polar surface area (TPSA) is 85.4 Å². The van der Waals surface area contributed by atoms with Gasteiger partial charge in [0, 0.05) is 29.9 Å². The molecule has 0 aliphatic heterocycles. The Balaban J connectivity index is 1.88. The number of benzene rings is 2. The van der Waals surface area contributed by atoms with Crippen LogP contribution in [0.25, 0.3) is 11.3 Å². The van der Waals surface area contributed by atoms with Gasteiger partial charge in [0.25, 0.3) is 0 Å². The number of nitrogens with one attached hydrogen (secondary N) is 2. The molecule has 1 heterocycles. The van der Waals surface area contributed by atoms with Crippen LogP contribution in [0.2, 0.25) is 0 Å². The summed E-state index contributed by atoms with van der Waals surface area (Å²) in [6.07, 6.45) is 3.32. The zero-order chi connectivity index (χ0) is 20.1. The Hall–Kier alpha value is -3.61. The number of amides is 1. The Bertz CT molecular complexity index is 1000.